The van der Waals surface area contributed by atoms with Crippen molar-refractivity contribution in [3.05, 3.63) is 39.3 Å². The summed E-state index contributed by atoms with van der Waals surface area (Å²) < 4.78 is 0. The Hall–Kier alpha value is -1.72. The molecule has 1 aromatic carbocycles. The quantitative estimate of drug-likeness (QED) is 0.914. The van der Waals surface area contributed by atoms with Gasteiger partial charge in [0.05, 0.1) is 28.6 Å². The highest BCUT2D eigenvalue weighted by molar-refractivity contribution is 7.11. The fourth-order valence-electron chi connectivity index (χ4n) is 3.47. The average molecular weight is 326 g/mol. The van der Waals surface area contributed by atoms with Gasteiger partial charge in [0, 0.05) is 36.6 Å². The van der Waals surface area contributed by atoms with Crippen molar-refractivity contribution in [2.24, 2.45) is 4.99 Å². The molecule has 5 heteroatoms. The van der Waals surface area contributed by atoms with Crippen LogP contribution in [0, 0.1) is 6.92 Å². The molecule has 1 N–H and O–H groups in total. The molecule has 0 spiro atoms. The molecule has 3 heterocycles. The van der Waals surface area contributed by atoms with Gasteiger partial charge in [0.1, 0.15) is 0 Å². The maximum atomic E-state index is 4.70. The highest BCUT2D eigenvalue weighted by Crippen LogP contribution is 2.33. The molecule has 2 aromatic rings. The first kappa shape index (κ1) is 14.8. The molecule has 2 aliphatic heterocycles. The number of hydrogen-bond acceptors (Lipinski definition) is 5. The molecule has 4 nitrogen and oxygen atoms in total. The molecule has 120 valence electrons. The van der Waals surface area contributed by atoms with Gasteiger partial charge in [0.15, 0.2) is 0 Å². The Kier molecular flexibility index (Phi) is 3.91. The van der Waals surface area contributed by atoms with Crippen LogP contribution >= 0.6 is 11.3 Å². The van der Waals surface area contributed by atoms with Gasteiger partial charge < -0.3 is 5.32 Å². The van der Waals surface area contributed by atoms with Gasteiger partial charge in [-0.05, 0) is 38.0 Å². The van der Waals surface area contributed by atoms with E-state index in [0.717, 1.165) is 43.9 Å². The van der Waals surface area contributed by atoms with Crippen LogP contribution in [0.25, 0.3) is 0 Å². The van der Waals surface area contributed by atoms with E-state index in [9.17, 15) is 0 Å². The maximum absolute atomic E-state index is 4.70. The number of aromatic nitrogens is 1. The lowest BCUT2D eigenvalue weighted by Crippen LogP contribution is -2.29. The number of aryl methyl sites for hydroxylation is 1. The van der Waals surface area contributed by atoms with E-state index < -0.39 is 0 Å². The van der Waals surface area contributed by atoms with Crippen molar-refractivity contribution in [3.8, 4) is 0 Å². The average Bonchev–Trinajstić information content (AvgIpc) is 2.82. The van der Waals surface area contributed by atoms with E-state index >= 15 is 0 Å². The SMILES string of the molecule is Cc1nc2c(s1)CCN(C(C)c1ccc3c(c1)NCC=N3)CC2. The molecule has 0 bridgehead atoms. The standard InChI is InChI=1S/C18H22N4S/c1-12(14-3-4-15-17(11-14)20-8-7-19-15)22-9-5-16-18(6-10-22)23-13(2)21-16/h3-4,7,11-12,20H,5-6,8-10H2,1-2H3. The number of nitrogens with one attached hydrogen (secondary N) is 1. The van der Waals surface area contributed by atoms with Gasteiger partial charge in [-0.2, -0.15) is 0 Å². The highest BCUT2D eigenvalue weighted by atomic mass is 32.1. The number of hydrogen-bond donors (Lipinski definition) is 1. The molecule has 0 fully saturated rings. The summed E-state index contributed by atoms with van der Waals surface area (Å²) in [4.78, 5) is 13.2. The van der Waals surface area contributed by atoms with Crippen LogP contribution in [-0.4, -0.2) is 35.7 Å². The van der Waals surface area contributed by atoms with Crippen molar-refractivity contribution >= 4 is 28.9 Å². The van der Waals surface area contributed by atoms with Crippen LogP contribution in [0.1, 0.15) is 34.1 Å². The predicted molar refractivity (Wildman–Crippen MR) is 97.3 cm³/mol. The third-order valence-electron chi connectivity index (χ3n) is 4.81. The summed E-state index contributed by atoms with van der Waals surface area (Å²) >= 11 is 1.87. The molecule has 0 amide bonds. The van der Waals surface area contributed by atoms with Gasteiger partial charge >= 0.3 is 0 Å². The Bertz CT molecular complexity index is 724. The first-order chi connectivity index (χ1) is 11.2. The van der Waals surface area contributed by atoms with E-state index in [0.29, 0.717) is 6.04 Å². The number of thiazole rings is 1. The number of rotatable bonds is 2. The van der Waals surface area contributed by atoms with Crippen molar-refractivity contribution in [1.82, 2.24) is 9.88 Å². The highest BCUT2D eigenvalue weighted by Gasteiger charge is 2.22. The Morgan fingerprint density at radius 2 is 2.13 bits per heavy atom. The zero-order valence-corrected chi connectivity index (χ0v) is 14.5. The zero-order valence-electron chi connectivity index (χ0n) is 13.7. The third-order valence-corrected chi connectivity index (χ3v) is 5.88. The molecule has 1 aromatic heterocycles. The Morgan fingerprint density at radius 3 is 3.04 bits per heavy atom. The minimum atomic E-state index is 0.420. The molecule has 0 radical (unpaired) electrons. The first-order valence-corrected chi connectivity index (χ1v) is 9.12. The molecule has 2 aliphatic rings. The van der Waals surface area contributed by atoms with Gasteiger partial charge in [0.2, 0.25) is 0 Å². The van der Waals surface area contributed by atoms with E-state index in [1.165, 1.54) is 21.1 Å². The van der Waals surface area contributed by atoms with Gasteiger partial charge in [0.25, 0.3) is 0 Å². The summed E-state index contributed by atoms with van der Waals surface area (Å²) in [6.07, 6.45) is 4.11. The Morgan fingerprint density at radius 1 is 1.26 bits per heavy atom. The van der Waals surface area contributed by atoms with Crippen molar-refractivity contribution in [2.45, 2.75) is 32.7 Å². The Labute approximate surface area is 141 Å². The lowest BCUT2D eigenvalue weighted by Gasteiger charge is -2.28. The molecule has 1 unspecified atom stereocenters. The van der Waals surface area contributed by atoms with Crippen molar-refractivity contribution in [2.75, 3.05) is 25.0 Å². The fourth-order valence-corrected chi connectivity index (χ4v) is 4.45. The number of aliphatic imine (C=N–C) groups is 1. The molecule has 0 saturated heterocycles. The van der Waals surface area contributed by atoms with Crippen LogP contribution in [0.3, 0.4) is 0 Å². The van der Waals surface area contributed by atoms with Crippen molar-refractivity contribution in [3.63, 3.8) is 0 Å². The topological polar surface area (TPSA) is 40.5 Å². The molecular formula is C18H22N4S. The second kappa shape index (κ2) is 6.06. The zero-order chi connectivity index (χ0) is 15.8. The predicted octanol–water partition coefficient (Wildman–Crippen LogP) is 3.74. The van der Waals surface area contributed by atoms with Crippen LogP contribution in [-0.2, 0) is 12.8 Å². The number of benzene rings is 1. The largest absolute Gasteiger partial charge is 0.378 e. The van der Waals surface area contributed by atoms with Gasteiger partial charge in [-0.3, -0.25) is 9.89 Å². The molecule has 0 aliphatic carbocycles. The minimum absolute atomic E-state index is 0.420. The van der Waals surface area contributed by atoms with E-state index in [1.807, 2.05) is 17.6 Å². The molecule has 0 saturated carbocycles. The van der Waals surface area contributed by atoms with Gasteiger partial charge in [-0.15, -0.1) is 11.3 Å². The molecular weight excluding hydrogens is 304 g/mol. The fraction of sp³-hybridized carbons (Fsp3) is 0.444. The number of nitrogens with zero attached hydrogens (tertiary/aromatic N) is 3. The summed E-state index contributed by atoms with van der Waals surface area (Å²) in [6.45, 7) is 7.44. The van der Waals surface area contributed by atoms with E-state index in [2.05, 4.69) is 47.3 Å². The van der Waals surface area contributed by atoms with Gasteiger partial charge in [-0.25, -0.2) is 4.98 Å². The molecule has 23 heavy (non-hydrogen) atoms. The van der Waals surface area contributed by atoms with Crippen molar-refractivity contribution < 1.29 is 0 Å². The monoisotopic (exact) mass is 326 g/mol. The summed E-state index contributed by atoms with van der Waals surface area (Å²) in [5.74, 6) is 0. The van der Waals surface area contributed by atoms with Crippen molar-refractivity contribution in [1.29, 1.82) is 0 Å². The molecule has 4 rings (SSSR count). The second-order valence-corrected chi connectivity index (χ2v) is 7.57. The number of fused-ring (bicyclic) bond motifs is 2. The summed E-state index contributed by atoms with van der Waals surface area (Å²) in [6, 6.07) is 7.03. The lowest BCUT2D eigenvalue weighted by atomic mass is 10.0. The Balaban J connectivity index is 1.52. The van der Waals surface area contributed by atoms with Crippen LogP contribution < -0.4 is 5.32 Å². The maximum Gasteiger partial charge on any atom is 0.0900 e. The first-order valence-electron chi connectivity index (χ1n) is 8.30. The minimum Gasteiger partial charge on any atom is -0.378 e. The second-order valence-electron chi connectivity index (χ2n) is 6.28. The third kappa shape index (κ3) is 2.91. The van der Waals surface area contributed by atoms with E-state index in [-0.39, 0.29) is 0 Å². The van der Waals surface area contributed by atoms with Crippen LogP contribution in [0.15, 0.2) is 23.2 Å². The normalized spacial score (nSPS) is 18.7. The van der Waals surface area contributed by atoms with Gasteiger partial charge in [-0.1, -0.05) is 6.07 Å². The van der Waals surface area contributed by atoms with E-state index in [4.69, 9.17) is 4.98 Å². The van der Waals surface area contributed by atoms with Crippen LogP contribution in [0.2, 0.25) is 0 Å². The van der Waals surface area contributed by atoms with E-state index in [1.54, 1.807) is 0 Å². The van der Waals surface area contributed by atoms with Crippen LogP contribution in [0.5, 0.6) is 0 Å². The smallest absolute Gasteiger partial charge is 0.0900 e. The summed E-state index contributed by atoms with van der Waals surface area (Å²) in [5.41, 5.74) is 4.89. The summed E-state index contributed by atoms with van der Waals surface area (Å²) in [7, 11) is 0. The number of anilines is 1. The lowest BCUT2D eigenvalue weighted by molar-refractivity contribution is 0.221. The summed E-state index contributed by atoms with van der Waals surface area (Å²) in [5, 5.41) is 4.62. The molecule has 1 atom stereocenters. The van der Waals surface area contributed by atoms with Crippen LogP contribution in [0.4, 0.5) is 11.4 Å².